The van der Waals surface area contributed by atoms with Crippen molar-refractivity contribution in [2.45, 2.75) is 26.4 Å². The monoisotopic (exact) mass is 307 g/mol. The molecule has 1 N–H and O–H groups in total. The van der Waals surface area contributed by atoms with E-state index >= 15 is 0 Å². The predicted molar refractivity (Wildman–Crippen MR) is 59.6 cm³/mol. The largest absolute Gasteiger partial charge is 0.386 e. The average molecular weight is 309 g/mol. The lowest BCUT2D eigenvalue weighted by Crippen LogP contribution is -2.18. The van der Waals surface area contributed by atoms with Crippen LogP contribution in [0.3, 0.4) is 0 Å². The average Bonchev–Trinajstić information content (AvgIpc) is 1.94. The Morgan fingerprint density at radius 2 is 1.92 bits per heavy atom. The maximum absolute atomic E-state index is 9.81. The number of nitrogens with zero attached hydrogens (tertiary/aromatic N) is 1. The predicted octanol–water partition coefficient (Wildman–Crippen LogP) is 3.14. The first-order valence-electron chi connectivity index (χ1n) is 3.88. The van der Waals surface area contributed by atoms with Crippen LogP contribution in [0.25, 0.3) is 0 Å². The molecule has 0 saturated carbocycles. The molecule has 0 atom stereocenters. The molecule has 0 bridgehead atoms. The Balaban J connectivity index is 3.32. The van der Waals surface area contributed by atoms with Gasteiger partial charge in [0.15, 0.2) is 0 Å². The smallest absolute Gasteiger partial charge is 0.120 e. The van der Waals surface area contributed by atoms with Crippen LogP contribution >= 0.6 is 31.9 Å². The number of hydrogen-bond donors (Lipinski definition) is 1. The quantitative estimate of drug-likeness (QED) is 0.809. The Morgan fingerprint density at radius 1 is 1.38 bits per heavy atom. The fraction of sp³-hybridized carbons (Fsp3) is 0.444. The molecule has 13 heavy (non-hydrogen) atoms. The fourth-order valence-corrected chi connectivity index (χ4v) is 1.87. The summed E-state index contributed by atoms with van der Waals surface area (Å²) in [6.45, 7) is 5.37. The summed E-state index contributed by atoms with van der Waals surface area (Å²) in [5.74, 6) is 0. The molecule has 0 aliphatic carbocycles. The molecule has 4 heteroatoms. The van der Waals surface area contributed by atoms with Gasteiger partial charge >= 0.3 is 0 Å². The van der Waals surface area contributed by atoms with Gasteiger partial charge in [-0.3, -0.25) is 0 Å². The number of hydrogen-bond acceptors (Lipinski definition) is 2. The highest BCUT2D eigenvalue weighted by atomic mass is 79.9. The molecular formula is C9H11Br2NO. The molecule has 0 aromatic carbocycles. The molecule has 1 aromatic rings. The number of halogens is 2. The molecule has 2 nitrogen and oxygen atoms in total. The van der Waals surface area contributed by atoms with Crippen LogP contribution in [0, 0.1) is 6.92 Å². The van der Waals surface area contributed by atoms with E-state index in [1.165, 1.54) is 0 Å². The minimum Gasteiger partial charge on any atom is -0.386 e. The Bertz CT molecular complexity index is 331. The van der Waals surface area contributed by atoms with E-state index in [1.807, 2.05) is 13.0 Å². The maximum Gasteiger partial charge on any atom is 0.120 e. The van der Waals surface area contributed by atoms with Crippen LogP contribution < -0.4 is 0 Å². The summed E-state index contributed by atoms with van der Waals surface area (Å²) in [6.07, 6.45) is 0. The zero-order valence-electron chi connectivity index (χ0n) is 7.73. The van der Waals surface area contributed by atoms with Crippen molar-refractivity contribution in [3.8, 4) is 0 Å². The molecule has 0 unspecified atom stereocenters. The highest BCUT2D eigenvalue weighted by molar-refractivity contribution is 9.13. The van der Waals surface area contributed by atoms with Crippen molar-refractivity contribution in [3.63, 3.8) is 0 Å². The number of aromatic nitrogens is 1. The van der Waals surface area contributed by atoms with Crippen molar-refractivity contribution in [2.75, 3.05) is 0 Å². The first kappa shape index (κ1) is 11.1. The highest BCUT2D eigenvalue weighted by Gasteiger charge is 2.20. The summed E-state index contributed by atoms with van der Waals surface area (Å²) >= 11 is 6.66. The van der Waals surface area contributed by atoms with Crippen molar-refractivity contribution in [1.29, 1.82) is 0 Å². The first-order chi connectivity index (χ1) is 5.82. The van der Waals surface area contributed by atoms with Gasteiger partial charge in [-0.1, -0.05) is 0 Å². The van der Waals surface area contributed by atoms with E-state index in [0.717, 1.165) is 20.3 Å². The van der Waals surface area contributed by atoms with Gasteiger partial charge in [0.2, 0.25) is 0 Å². The molecule has 1 aromatic heterocycles. The molecule has 0 radical (unpaired) electrons. The summed E-state index contributed by atoms with van der Waals surface area (Å²) < 4.78 is 1.62. The Morgan fingerprint density at radius 3 is 2.38 bits per heavy atom. The van der Waals surface area contributed by atoms with Crippen LogP contribution in [-0.4, -0.2) is 10.1 Å². The summed E-state index contributed by atoms with van der Waals surface area (Å²) in [4.78, 5) is 4.25. The topological polar surface area (TPSA) is 33.1 Å². The normalized spacial score (nSPS) is 11.8. The minimum atomic E-state index is -0.847. The third-order valence-corrected chi connectivity index (χ3v) is 3.52. The maximum atomic E-state index is 9.81. The first-order valence-corrected chi connectivity index (χ1v) is 5.46. The van der Waals surface area contributed by atoms with E-state index in [-0.39, 0.29) is 0 Å². The number of aryl methyl sites for hydroxylation is 1. The molecule has 0 saturated heterocycles. The van der Waals surface area contributed by atoms with Gasteiger partial charge in [0.25, 0.3) is 0 Å². The number of pyridine rings is 1. The highest BCUT2D eigenvalue weighted by Crippen LogP contribution is 2.29. The lowest BCUT2D eigenvalue weighted by atomic mass is 9.97. The minimum absolute atomic E-state index is 0.762. The van der Waals surface area contributed by atoms with Gasteiger partial charge in [-0.15, -0.1) is 0 Å². The van der Waals surface area contributed by atoms with Crippen molar-refractivity contribution < 1.29 is 5.11 Å². The van der Waals surface area contributed by atoms with Gasteiger partial charge in [-0.25, -0.2) is 4.98 Å². The van der Waals surface area contributed by atoms with E-state index < -0.39 is 5.60 Å². The Kier molecular flexibility index (Phi) is 3.15. The molecule has 0 amide bonds. The van der Waals surface area contributed by atoms with Crippen molar-refractivity contribution in [2.24, 2.45) is 0 Å². The van der Waals surface area contributed by atoms with Gasteiger partial charge < -0.3 is 5.11 Å². The van der Waals surface area contributed by atoms with Crippen LogP contribution in [-0.2, 0) is 5.60 Å². The SMILES string of the molecule is Cc1nc(Br)c(Br)cc1C(C)(C)O. The van der Waals surface area contributed by atoms with Crippen LogP contribution in [0.4, 0.5) is 0 Å². The third-order valence-electron chi connectivity index (χ3n) is 1.78. The lowest BCUT2D eigenvalue weighted by Gasteiger charge is -2.20. The molecule has 0 spiro atoms. The molecule has 1 rings (SSSR count). The molecule has 0 fully saturated rings. The summed E-state index contributed by atoms with van der Waals surface area (Å²) in [7, 11) is 0. The fourth-order valence-electron chi connectivity index (χ4n) is 1.17. The van der Waals surface area contributed by atoms with Crippen molar-refractivity contribution in [3.05, 3.63) is 26.4 Å². The summed E-state index contributed by atoms with van der Waals surface area (Å²) in [5.41, 5.74) is 0.825. The van der Waals surface area contributed by atoms with E-state index in [0.29, 0.717) is 0 Å². The van der Waals surface area contributed by atoms with Gasteiger partial charge in [-0.2, -0.15) is 0 Å². The summed E-state index contributed by atoms with van der Waals surface area (Å²) in [6, 6.07) is 1.88. The van der Waals surface area contributed by atoms with E-state index in [1.54, 1.807) is 13.8 Å². The molecule has 1 heterocycles. The van der Waals surface area contributed by atoms with Gasteiger partial charge in [0.05, 0.1) is 10.1 Å². The molecule has 72 valence electrons. The van der Waals surface area contributed by atoms with Gasteiger partial charge in [0.1, 0.15) is 4.60 Å². The summed E-state index contributed by atoms with van der Waals surface area (Å²) in [5, 5.41) is 9.81. The number of rotatable bonds is 1. The lowest BCUT2D eigenvalue weighted by molar-refractivity contribution is 0.0774. The van der Waals surface area contributed by atoms with Gasteiger partial charge in [-0.05, 0) is 58.7 Å². The standard InChI is InChI=1S/C9H11Br2NO/c1-5-6(9(2,3)13)4-7(10)8(11)12-5/h4,13H,1-3H3. The Labute approximate surface area is 94.6 Å². The third kappa shape index (κ3) is 2.51. The second kappa shape index (κ2) is 3.67. The number of aliphatic hydroxyl groups is 1. The van der Waals surface area contributed by atoms with Gasteiger partial charge in [0, 0.05) is 11.3 Å². The Hall–Kier alpha value is 0.0700. The zero-order valence-corrected chi connectivity index (χ0v) is 10.9. The van der Waals surface area contributed by atoms with Crippen molar-refractivity contribution in [1.82, 2.24) is 4.98 Å². The van der Waals surface area contributed by atoms with E-state index in [9.17, 15) is 5.11 Å². The van der Waals surface area contributed by atoms with Crippen LogP contribution in [0.2, 0.25) is 0 Å². The molecule has 0 aliphatic rings. The second-order valence-electron chi connectivity index (χ2n) is 3.45. The zero-order chi connectivity index (χ0) is 10.2. The van der Waals surface area contributed by atoms with Crippen LogP contribution in [0.5, 0.6) is 0 Å². The van der Waals surface area contributed by atoms with Crippen LogP contribution in [0.15, 0.2) is 15.1 Å². The van der Waals surface area contributed by atoms with Crippen molar-refractivity contribution >= 4 is 31.9 Å². The van der Waals surface area contributed by atoms with Crippen LogP contribution in [0.1, 0.15) is 25.1 Å². The van der Waals surface area contributed by atoms with E-state index in [2.05, 4.69) is 36.8 Å². The second-order valence-corrected chi connectivity index (χ2v) is 5.06. The van der Waals surface area contributed by atoms with E-state index in [4.69, 9.17) is 0 Å². The molecule has 0 aliphatic heterocycles. The molecular weight excluding hydrogens is 298 g/mol.